The zero-order valence-electron chi connectivity index (χ0n) is 18.4. The summed E-state index contributed by atoms with van der Waals surface area (Å²) < 4.78 is 5.40. The Bertz CT molecular complexity index is 873. The van der Waals surface area contributed by atoms with Gasteiger partial charge in [-0.1, -0.05) is 56.9 Å². The molecule has 2 amide bonds. The number of allylic oxidation sites excluding steroid dienone is 4. The molecule has 2 aromatic rings. The first-order valence-electron chi connectivity index (χ1n) is 10.2. The van der Waals surface area contributed by atoms with Crippen molar-refractivity contribution in [2.24, 2.45) is 0 Å². The van der Waals surface area contributed by atoms with Crippen LogP contribution in [-0.2, 0) is 20.7 Å². The lowest BCUT2D eigenvalue weighted by Gasteiger charge is -2.08. The van der Waals surface area contributed by atoms with Crippen LogP contribution >= 0.6 is 0 Å². The monoisotopic (exact) mass is 421 g/mol. The fourth-order valence-corrected chi connectivity index (χ4v) is 2.38. The zero-order chi connectivity index (χ0) is 22.9. The van der Waals surface area contributed by atoms with E-state index in [-0.39, 0.29) is 24.8 Å². The van der Waals surface area contributed by atoms with Crippen LogP contribution in [-0.4, -0.2) is 30.0 Å². The molecule has 31 heavy (non-hydrogen) atoms. The Labute approximate surface area is 184 Å². The average molecular weight is 422 g/mol. The molecule has 0 radical (unpaired) electrons. The second-order valence-electron chi connectivity index (χ2n) is 6.34. The number of anilines is 2. The van der Waals surface area contributed by atoms with Crippen molar-refractivity contribution < 1.29 is 14.3 Å². The van der Waals surface area contributed by atoms with E-state index in [9.17, 15) is 9.59 Å². The number of carbonyl (C=O) groups is 2. The highest BCUT2D eigenvalue weighted by molar-refractivity contribution is 5.93. The molecule has 0 aliphatic rings. The van der Waals surface area contributed by atoms with Gasteiger partial charge in [-0.15, -0.1) is 0 Å². The third-order valence-corrected chi connectivity index (χ3v) is 3.74. The van der Waals surface area contributed by atoms with Gasteiger partial charge < -0.3 is 15.4 Å². The van der Waals surface area contributed by atoms with Gasteiger partial charge in [-0.05, 0) is 42.3 Å². The summed E-state index contributed by atoms with van der Waals surface area (Å²) in [6.07, 6.45) is 10.8. The first-order chi connectivity index (χ1) is 15.1. The van der Waals surface area contributed by atoms with E-state index in [1.54, 1.807) is 54.9 Å². The molecule has 0 atom stereocenters. The van der Waals surface area contributed by atoms with Crippen molar-refractivity contribution in [1.82, 2.24) is 4.98 Å². The largest absolute Gasteiger partial charge is 0.367 e. The number of nitrogens with zero attached hydrogens (tertiary/aromatic N) is 1. The van der Waals surface area contributed by atoms with Gasteiger partial charge in [-0.25, -0.2) is 0 Å². The van der Waals surface area contributed by atoms with Crippen LogP contribution in [0, 0.1) is 0 Å². The number of aromatic nitrogens is 1. The highest BCUT2D eigenvalue weighted by atomic mass is 16.5. The van der Waals surface area contributed by atoms with Crippen molar-refractivity contribution >= 4 is 23.2 Å². The van der Waals surface area contributed by atoms with Gasteiger partial charge in [0.05, 0.1) is 24.9 Å². The fraction of sp³-hybridized carbons (Fsp3) is 0.240. The number of pyridine rings is 1. The van der Waals surface area contributed by atoms with E-state index in [2.05, 4.69) is 22.2 Å². The third kappa shape index (κ3) is 11.3. The normalized spacial score (nSPS) is 10.7. The van der Waals surface area contributed by atoms with E-state index in [1.165, 1.54) is 0 Å². The molecule has 2 rings (SSSR count). The molecule has 1 aromatic carbocycles. The molecular weight excluding hydrogens is 390 g/mol. The van der Waals surface area contributed by atoms with Gasteiger partial charge >= 0.3 is 0 Å². The zero-order valence-corrected chi connectivity index (χ0v) is 18.4. The standard InChI is InChI=1S/C23H25N3O3.C2H6/c1-3-4-5-7-18(2)16-29-17-23(28)25-20-11-9-19(10-12-20)14-22(27)26-21-8-6-13-24-15-21;1-2/h3-13,15H,1,14,16-17H2,2H3,(H,25,28)(H,26,27);1-2H3/b5-4-,18-7-;. The van der Waals surface area contributed by atoms with Crippen molar-refractivity contribution in [1.29, 1.82) is 0 Å². The Kier molecular flexibility index (Phi) is 12.6. The second kappa shape index (κ2) is 15.3. The van der Waals surface area contributed by atoms with Gasteiger partial charge in [0.2, 0.25) is 11.8 Å². The topological polar surface area (TPSA) is 80.3 Å². The Morgan fingerprint density at radius 1 is 1.00 bits per heavy atom. The van der Waals surface area contributed by atoms with Crippen molar-refractivity contribution in [2.75, 3.05) is 23.8 Å². The summed E-state index contributed by atoms with van der Waals surface area (Å²) in [5.74, 6) is -0.365. The van der Waals surface area contributed by atoms with E-state index in [1.807, 2.05) is 39.0 Å². The Morgan fingerprint density at radius 2 is 1.71 bits per heavy atom. The molecule has 0 bridgehead atoms. The maximum Gasteiger partial charge on any atom is 0.250 e. The lowest BCUT2D eigenvalue weighted by molar-refractivity contribution is -0.120. The number of carbonyl (C=O) groups excluding carboxylic acids is 2. The van der Waals surface area contributed by atoms with Gasteiger partial charge in [0.15, 0.2) is 0 Å². The van der Waals surface area contributed by atoms with Crippen LogP contribution in [0.25, 0.3) is 0 Å². The molecule has 1 heterocycles. The molecule has 6 heteroatoms. The van der Waals surface area contributed by atoms with E-state index in [4.69, 9.17) is 4.74 Å². The molecule has 0 unspecified atom stereocenters. The van der Waals surface area contributed by atoms with Crippen molar-refractivity contribution in [3.8, 4) is 0 Å². The average Bonchev–Trinajstić information content (AvgIpc) is 2.77. The SMILES string of the molecule is C=C/C=C\C=C(\C)COCC(=O)Nc1ccc(CC(=O)Nc2cccnc2)cc1.CC. The molecule has 6 nitrogen and oxygen atoms in total. The molecule has 0 fully saturated rings. The summed E-state index contributed by atoms with van der Waals surface area (Å²) in [6.45, 7) is 9.86. The molecule has 164 valence electrons. The van der Waals surface area contributed by atoms with Gasteiger partial charge in [0.1, 0.15) is 6.61 Å². The molecule has 0 saturated carbocycles. The number of hydrogen-bond donors (Lipinski definition) is 2. The van der Waals surface area contributed by atoms with Gasteiger partial charge in [0.25, 0.3) is 0 Å². The lowest BCUT2D eigenvalue weighted by atomic mass is 10.1. The number of rotatable bonds is 10. The van der Waals surface area contributed by atoms with Crippen LogP contribution in [0.3, 0.4) is 0 Å². The minimum Gasteiger partial charge on any atom is -0.367 e. The maximum atomic E-state index is 12.1. The number of nitrogens with one attached hydrogen (secondary N) is 2. The first kappa shape index (κ1) is 25.5. The summed E-state index contributed by atoms with van der Waals surface area (Å²) in [5.41, 5.74) is 3.15. The van der Waals surface area contributed by atoms with E-state index < -0.39 is 0 Å². The van der Waals surface area contributed by atoms with Crippen LogP contribution in [0.1, 0.15) is 26.3 Å². The van der Waals surface area contributed by atoms with Crippen LogP contribution in [0.5, 0.6) is 0 Å². The lowest BCUT2D eigenvalue weighted by Crippen LogP contribution is -2.19. The van der Waals surface area contributed by atoms with E-state index in [0.29, 0.717) is 18.0 Å². The van der Waals surface area contributed by atoms with Gasteiger partial charge in [0, 0.05) is 11.9 Å². The molecule has 2 N–H and O–H groups in total. The third-order valence-electron chi connectivity index (χ3n) is 3.74. The number of benzene rings is 1. The Balaban J connectivity index is 0.00000233. The highest BCUT2D eigenvalue weighted by Crippen LogP contribution is 2.11. The minimum absolute atomic E-state index is 0.0361. The van der Waals surface area contributed by atoms with E-state index >= 15 is 0 Å². The van der Waals surface area contributed by atoms with Crippen LogP contribution < -0.4 is 10.6 Å². The van der Waals surface area contributed by atoms with Crippen LogP contribution in [0.4, 0.5) is 11.4 Å². The van der Waals surface area contributed by atoms with Crippen LogP contribution in [0.2, 0.25) is 0 Å². The van der Waals surface area contributed by atoms with Crippen molar-refractivity contribution in [2.45, 2.75) is 27.2 Å². The molecule has 0 saturated heterocycles. The summed E-state index contributed by atoms with van der Waals surface area (Å²) >= 11 is 0. The molecule has 1 aromatic heterocycles. The molecule has 0 aliphatic carbocycles. The molecule has 0 spiro atoms. The smallest absolute Gasteiger partial charge is 0.250 e. The predicted molar refractivity (Wildman–Crippen MR) is 127 cm³/mol. The Morgan fingerprint density at radius 3 is 2.35 bits per heavy atom. The fourth-order valence-electron chi connectivity index (χ4n) is 2.38. The van der Waals surface area contributed by atoms with Crippen LogP contribution in [0.15, 0.2) is 85.2 Å². The first-order valence-corrected chi connectivity index (χ1v) is 10.2. The quantitative estimate of drug-likeness (QED) is 0.533. The van der Waals surface area contributed by atoms with Gasteiger partial charge in [-0.2, -0.15) is 0 Å². The number of ether oxygens (including phenoxy) is 1. The predicted octanol–water partition coefficient (Wildman–Crippen LogP) is 4.93. The van der Waals surface area contributed by atoms with Crippen molar-refractivity contribution in [3.63, 3.8) is 0 Å². The van der Waals surface area contributed by atoms with Gasteiger partial charge in [-0.3, -0.25) is 14.6 Å². The Hall–Kier alpha value is -3.51. The second-order valence-corrected chi connectivity index (χ2v) is 6.34. The molecule has 0 aliphatic heterocycles. The summed E-state index contributed by atoms with van der Waals surface area (Å²) in [7, 11) is 0. The highest BCUT2D eigenvalue weighted by Gasteiger charge is 2.06. The summed E-state index contributed by atoms with van der Waals surface area (Å²) in [5, 5.41) is 5.55. The maximum absolute atomic E-state index is 12.1. The summed E-state index contributed by atoms with van der Waals surface area (Å²) in [4.78, 5) is 28.0. The number of amides is 2. The minimum atomic E-state index is -0.235. The summed E-state index contributed by atoms with van der Waals surface area (Å²) in [6, 6.07) is 10.7. The van der Waals surface area contributed by atoms with Crippen molar-refractivity contribution in [3.05, 3.63) is 90.8 Å². The molecular formula is C25H31N3O3. The van der Waals surface area contributed by atoms with E-state index in [0.717, 1.165) is 11.1 Å². The number of hydrogen-bond acceptors (Lipinski definition) is 4.